The van der Waals surface area contributed by atoms with Crippen LogP contribution in [0.4, 0.5) is 0 Å². The quantitative estimate of drug-likeness (QED) is 0.385. The van der Waals surface area contributed by atoms with Gasteiger partial charge in [-0.2, -0.15) is 5.53 Å². The first-order valence-electron chi connectivity index (χ1n) is 3.96. The van der Waals surface area contributed by atoms with Crippen LogP contribution in [0.3, 0.4) is 0 Å². The van der Waals surface area contributed by atoms with E-state index in [4.69, 9.17) is 4.74 Å². The van der Waals surface area contributed by atoms with Crippen molar-refractivity contribution in [3.05, 3.63) is 0 Å². The van der Waals surface area contributed by atoms with E-state index in [0.717, 1.165) is 6.42 Å². The van der Waals surface area contributed by atoms with Gasteiger partial charge in [-0.1, -0.05) is 13.8 Å². The molecule has 68 valence electrons. The van der Waals surface area contributed by atoms with Gasteiger partial charge in [0.2, 0.25) is 0 Å². The molecule has 4 nitrogen and oxygen atoms in total. The van der Waals surface area contributed by atoms with Crippen LogP contribution in [0.2, 0.25) is 0 Å². The highest BCUT2D eigenvalue weighted by Crippen LogP contribution is 2.06. The van der Waals surface area contributed by atoms with Gasteiger partial charge in [0.15, 0.2) is 0 Å². The smallest absolute Gasteiger partial charge is 0.123 e. The lowest BCUT2D eigenvalue weighted by Crippen LogP contribution is -2.50. The third kappa shape index (κ3) is 4.31. The van der Waals surface area contributed by atoms with Crippen LogP contribution in [-0.2, 0) is 4.74 Å². The van der Waals surface area contributed by atoms with Gasteiger partial charge in [0.25, 0.3) is 0 Å². The van der Waals surface area contributed by atoms with Crippen molar-refractivity contribution in [2.24, 2.45) is 5.92 Å². The minimum absolute atomic E-state index is 0.0625. The average molecular weight is 161 g/mol. The van der Waals surface area contributed by atoms with E-state index in [-0.39, 0.29) is 6.23 Å². The van der Waals surface area contributed by atoms with Crippen LogP contribution >= 0.6 is 0 Å². The molecular weight excluding hydrogens is 142 g/mol. The zero-order valence-corrected chi connectivity index (χ0v) is 7.77. The summed E-state index contributed by atoms with van der Waals surface area (Å²) in [7, 11) is 3.50. The highest BCUT2D eigenvalue weighted by atomic mass is 16.5. The summed E-state index contributed by atoms with van der Waals surface area (Å²) in [4.78, 5) is 0. The minimum atomic E-state index is 0.0625. The summed E-state index contributed by atoms with van der Waals surface area (Å²) in [6.07, 6.45) is 1.16. The average Bonchev–Trinajstić information content (AvgIpc) is 2.05. The maximum atomic E-state index is 5.19. The summed E-state index contributed by atoms with van der Waals surface area (Å²) >= 11 is 0. The van der Waals surface area contributed by atoms with Gasteiger partial charge < -0.3 is 4.74 Å². The fraction of sp³-hybridized carbons (Fsp3) is 1.00. The SMILES string of the molecule is CCC(C)C(NNNC)OC. The van der Waals surface area contributed by atoms with Crippen LogP contribution < -0.4 is 16.4 Å². The number of ether oxygens (including phenoxy) is 1. The van der Waals surface area contributed by atoms with Gasteiger partial charge in [-0.05, 0) is 19.4 Å². The highest BCUT2D eigenvalue weighted by molar-refractivity contribution is 4.58. The molecule has 0 rings (SSSR count). The van der Waals surface area contributed by atoms with E-state index in [9.17, 15) is 0 Å². The largest absolute Gasteiger partial charge is 0.365 e. The van der Waals surface area contributed by atoms with Crippen molar-refractivity contribution in [2.45, 2.75) is 26.5 Å². The summed E-state index contributed by atoms with van der Waals surface area (Å²) in [5.74, 6) is 0.501. The van der Waals surface area contributed by atoms with Crippen molar-refractivity contribution in [2.75, 3.05) is 14.2 Å². The zero-order chi connectivity index (χ0) is 8.69. The number of hydrazine groups is 2. The molecule has 0 aromatic heterocycles. The maximum Gasteiger partial charge on any atom is 0.123 e. The number of hydrogen-bond donors (Lipinski definition) is 3. The van der Waals surface area contributed by atoms with Crippen LogP contribution in [0.5, 0.6) is 0 Å². The predicted octanol–water partition coefficient (Wildman–Crippen LogP) is 0.234. The summed E-state index contributed by atoms with van der Waals surface area (Å²) in [5.41, 5.74) is 8.55. The normalized spacial score (nSPS) is 16.4. The summed E-state index contributed by atoms with van der Waals surface area (Å²) in [6.45, 7) is 4.27. The third-order valence-electron chi connectivity index (χ3n) is 1.75. The molecule has 3 N–H and O–H groups in total. The van der Waals surface area contributed by atoms with E-state index in [0.29, 0.717) is 5.92 Å². The molecule has 2 unspecified atom stereocenters. The monoisotopic (exact) mass is 161 g/mol. The molecule has 0 aromatic rings. The second-order valence-corrected chi connectivity index (χ2v) is 2.56. The van der Waals surface area contributed by atoms with Gasteiger partial charge in [-0.25, -0.2) is 10.9 Å². The molecule has 0 heterocycles. The van der Waals surface area contributed by atoms with Crippen LogP contribution in [0, 0.1) is 5.92 Å². The van der Waals surface area contributed by atoms with Gasteiger partial charge >= 0.3 is 0 Å². The molecule has 0 radical (unpaired) electrons. The van der Waals surface area contributed by atoms with Crippen molar-refractivity contribution in [1.29, 1.82) is 0 Å². The molecular formula is C7H19N3O. The highest BCUT2D eigenvalue weighted by Gasteiger charge is 2.12. The Bertz CT molecular complexity index is 89.8. The molecule has 0 aliphatic heterocycles. The van der Waals surface area contributed by atoms with E-state index in [1.807, 2.05) is 0 Å². The fourth-order valence-corrected chi connectivity index (χ4v) is 0.791. The van der Waals surface area contributed by atoms with Crippen LogP contribution in [0.15, 0.2) is 0 Å². The summed E-state index contributed by atoms with van der Waals surface area (Å²) < 4.78 is 5.19. The second-order valence-electron chi connectivity index (χ2n) is 2.56. The van der Waals surface area contributed by atoms with E-state index in [1.54, 1.807) is 14.2 Å². The Morgan fingerprint density at radius 3 is 2.45 bits per heavy atom. The Hall–Kier alpha value is -0.160. The molecule has 11 heavy (non-hydrogen) atoms. The lowest BCUT2D eigenvalue weighted by atomic mass is 10.1. The van der Waals surface area contributed by atoms with Crippen molar-refractivity contribution in [3.8, 4) is 0 Å². The third-order valence-corrected chi connectivity index (χ3v) is 1.75. The first kappa shape index (κ1) is 10.8. The van der Waals surface area contributed by atoms with Crippen molar-refractivity contribution in [1.82, 2.24) is 16.4 Å². The van der Waals surface area contributed by atoms with Gasteiger partial charge in [0.05, 0.1) is 0 Å². The molecule has 4 heteroatoms. The van der Waals surface area contributed by atoms with Crippen molar-refractivity contribution >= 4 is 0 Å². The van der Waals surface area contributed by atoms with Crippen molar-refractivity contribution in [3.63, 3.8) is 0 Å². The molecule has 2 atom stereocenters. The van der Waals surface area contributed by atoms with Gasteiger partial charge in [0.1, 0.15) is 6.23 Å². The van der Waals surface area contributed by atoms with Gasteiger partial charge in [-0.15, -0.1) is 0 Å². The summed E-state index contributed by atoms with van der Waals surface area (Å²) in [6, 6.07) is 0. The predicted molar refractivity (Wildman–Crippen MR) is 45.6 cm³/mol. The molecule has 0 amide bonds. The molecule has 0 saturated heterocycles. The lowest BCUT2D eigenvalue weighted by Gasteiger charge is -2.22. The number of nitrogens with one attached hydrogen (secondary N) is 3. The second kappa shape index (κ2) is 6.54. The molecule has 0 bridgehead atoms. The molecule has 0 fully saturated rings. The number of rotatable bonds is 6. The first-order valence-corrected chi connectivity index (χ1v) is 3.96. The lowest BCUT2D eigenvalue weighted by molar-refractivity contribution is 0.0146. The topological polar surface area (TPSA) is 45.3 Å². The van der Waals surface area contributed by atoms with Gasteiger partial charge in [0, 0.05) is 7.11 Å². The Balaban J connectivity index is 3.56. The number of methoxy groups -OCH3 is 1. The molecule has 0 aliphatic carbocycles. The molecule has 0 spiro atoms. The van der Waals surface area contributed by atoms with E-state index < -0.39 is 0 Å². The summed E-state index contributed by atoms with van der Waals surface area (Å²) in [5, 5.41) is 0. The zero-order valence-electron chi connectivity index (χ0n) is 7.77. The van der Waals surface area contributed by atoms with E-state index in [2.05, 4.69) is 30.2 Å². The van der Waals surface area contributed by atoms with Crippen LogP contribution in [0.1, 0.15) is 20.3 Å². The fourth-order valence-electron chi connectivity index (χ4n) is 0.791. The molecule has 0 aliphatic rings. The molecule has 0 saturated carbocycles. The minimum Gasteiger partial charge on any atom is -0.365 e. The van der Waals surface area contributed by atoms with Crippen molar-refractivity contribution < 1.29 is 4.74 Å². The molecule has 0 aromatic carbocycles. The van der Waals surface area contributed by atoms with Crippen LogP contribution in [0.25, 0.3) is 0 Å². The van der Waals surface area contributed by atoms with E-state index in [1.165, 1.54) is 0 Å². The maximum absolute atomic E-state index is 5.19. The Kier molecular flexibility index (Phi) is 6.45. The Morgan fingerprint density at radius 1 is 1.45 bits per heavy atom. The Morgan fingerprint density at radius 2 is 2.09 bits per heavy atom. The van der Waals surface area contributed by atoms with Crippen LogP contribution in [-0.4, -0.2) is 20.4 Å². The van der Waals surface area contributed by atoms with E-state index >= 15 is 0 Å². The number of hydrogen-bond acceptors (Lipinski definition) is 4. The first-order chi connectivity index (χ1) is 5.26. The van der Waals surface area contributed by atoms with Gasteiger partial charge in [-0.3, -0.25) is 0 Å². The standard InChI is InChI=1S/C7H19N3O/c1-5-6(2)7(11-4)9-10-8-3/h6-10H,5H2,1-4H3. The Labute approximate surface area is 68.6 Å².